The van der Waals surface area contributed by atoms with Crippen LogP contribution in [0.4, 0.5) is 0 Å². The van der Waals surface area contributed by atoms with Crippen molar-refractivity contribution in [2.75, 3.05) is 47.5 Å². The van der Waals surface area contributed by atoms with Gasteiger partial charge in [0.05, 0.1) is 34.4 Å². The molecule has 0 amide bonds. The number of ether oxygens (including phenoxy) is 4. The van der Waals surface area contributed by atoms with E-state index in [0.29, 0.717) is 17.4 Å². The third-order valence-corrected chi connectivity index (χ3v) is 11.5. The van der Waals surface area contributed by atoms with Gasteiger partial charge in [0.1, 0.15) is 13.2 Å². The predicted molar refractivity (Wildman–Crippen MR) is 276 cm³/mol. The second-order valence-corrected chi connectivity index (χ2v) is 19.2. The van der Waals surface area contributed by atoms with Crippen molar-refractivity contribution in [2.24, 2.45) is 0 Å². The third kappa shape index (κ3) is 48.9. The van der Waals surface area contributed by atoms with Crippen LogP contribution in [0.3, 0.4) is 0 Å². The summed E-state index contributed by atoms with van der Waals surface area (Å²) in [5.41, 5.74) is 0. The molecule has 2 atom stereocenters. The van der Waals surface area contributed by atoms with E-state index in [1.54, 1.807) is 0 Å². The van der Waals surface area contributed by atoms with Crippen LogP contribution in [0, 0.1) is 0 Å². The number of quaternary nitrogens is 1. The molecule has 0 fully saturated rings. The summed E-state index contributed by atoms with van der Waals surface area (Å²) in [6.07, 6.45) is 57.3. The highest BCUT2D eigenvalue weighted by Gasteiger charge is 2.25. The first-order valence-corrected chi connectivity index (χ1v) is 27.0. The average molecular weight is 929 g/mol. The minimum Gasteiger partial charge on any atom is -0.477 e. The van der Waals surface area contributed by atoms with Crippen molar-refractivity contribution in [1.82, 2.24) is 0 Å². The minimum absolute atomic E-state index is 0.180. The van der Waals surface area contributed by atoms with E-state index < -0.39 is 24.3 Å². The summed E-state index contributed by atoms with van der Waals surface area (Å²) in [7, 11) is 5.96. The fourth-order valence-corrected chi connectivity index (χ4v) is 7.39. The van der Waals surface area contributed by atoms with E-state index in [1.165, 1.54) is 128 Å². The van der Waals surface area contributed by atoms with Crippen LogP contribution in [-0.4, -0.2) is 87.4 Å². The maximum absolute atomic E-state index is 12.8. The van der Waals surface area contributed by atoms with Crippen molar-refractivity contribution >= 4 is 17.9 Å². The molecule has 1 N–H and O–H groups in total. The Morgan fingerprint density at radius 2 is 0.864 bits per heavy atom. The molecule has 2 unspecified atom stereocenters. The largest absolute Gasteiger partial charge is 0.477 e. The smallest absolute Gasteiger partial charge is 0.361 e. The molecule has 0 saturated carbocycles. The molecule has 0 radical (unpaired) electrons. The van der Waals surface area contributed by atoms with Gasteiger partial charge in [-0.15, -0.1) is 0 Å². The number of carboxylic acid groups (broad SMARTS) is 1. The molecule has 0 rings (SSSR count). The zero-order chi connectivity index (χ0) is 48.4. The Bertz CT molecular complexity index is 1270. The van der Waals surface area contributed by atoms with Crippen LogP contribution in [0.1, 0.15) is 226 Å². The SMILES string of the molecule is CC/C=C\C/C=C\C/C=C\C/C=C\C/C=C\CCCCCCCCCCCCCCCCCC(=O)OC(COC(=O)CCCCCCCCCCCC)COC(OCC[N+](C)(C)C)C(=O)O. The number of allylic oxidation sites excluding steroid dienone is 10. The van der Waals surface area contributed by atoms with E-state index in [9.17, 15) is 19.5 Å². The number of carboxylic acids is 1. The Labute approximate surface area is 405 Å². The van der Waals surface area contributed by atoms with Gasteiger partial charge in [-0.1, -0.05) is 216 Å². The van der Waals surface area contributed by atoms with Gasteiger partial charge >= 0.3 is 17.9 Å². The lowest BCUT2D eigenvalue weighted by atomic mass is 10.0. The number of carbonyl (C=O) groups is 3. The van der Waals surface area contributed by atoms with Crippen LogP contribution in [-0.2, 0) is 33.3 Å². The van der Waals surface area contributed by atoms with Crippen molar-refractivity contribution in [3.8, 4) is 0 Å². The molecule has 0 aliphatic heterocycles. The van der Waals surface area contributed by atoms with Crippen LogP contribution in [0.5, 0.6) is 0 Å². The van der Waals surface area contributed by atoms with Gasteiger partial charge in [-0.05, 0) is 57.8 Å². The monoisotopic (exact) mass is 929 g/mol. The normalized spacial score (nSPS) is 13.3. The number of nitrogens with zero attached hydrogens (tertiary/aromatic N) is 1. The Hall–Kier alpha value is -3.01. The summed E-state index contributed by atoms with van der Waals surface area (Å²) >= 11 is 0. The number of rotatable bonds is 49. The first-order valence-electron chi connectivity index (χ1n) is 27.0. The zero-order valence-corrected chi connectivity index (χ0v) is 43.3. The van der Waals surface area contributed by atoms with Crippen LogP contribution < -0.4 is 0 Å². The molecule has 0 saturated heterocycles. The second-order valence-electron chi connectivity index (χ2n) is 19.2. The highest BCUT2D eigenvalue weighted by Crippen LogP contribution is 2.16. The fraction of sp³-hybridized carbons (Fsp3) is 0.772. The topological polar surface area (TPSA) is 108 Å². The summed E-state index contributed by atoms with van der Waals surface area (Å²) in [6.45, 7) is 4.75. The van der Waals surface area contributed by atoms with Gasteiger partial charge in [0.15, 0.2) is 6.10 Å². The van der Waals surface area contributed by atoms with Gasteiger partial charge in [-0.3, -0.25) is 9.59 Å². The second kappa shape index (κ2) is 48.4. The van der Waals surface area contributed by atoms with Crippen molar-refractivity contribution < 1.29 is 42.9 Å². The third-order valence-electron chi connectivity index (χ3n) is 11.5. The van der Waals surface area contributed by atoms with Crippen molar-refractivity contribution in [3.63, 3.8) is 0 Å². The standard InChI is InChI=1S/C57H101NO8/c1-6-8-10-12-14-16-18-19-20-21-22-23-24-25-26-27-28-29-30-31-32-33-34-35-36-37-38-40-42-44-46-48-55(60)66-53(52-65-57(56(61)62)63-50-49-58(3,4)5)51-64-54(59)47-45-43-41-39-17-15-13-11-9-7-2/h8,10,14,16,19-20,22-23,25-26,53,57H,6-7,9,11-13,15,17-18,21,24,27-52H2,1-5H3/p+1/b10-8-,16-14-,20-19-,23-22-,26-25-. The van der Waals surface area contributed by atoms with Gasteiger partial charge in [-0.2, -0.15) is 0 Å². The highest BCUT2D eigenvalue weighted by atomic mass is 16.7. The van der Waals surface area contributed by atoms with Crippen molar-refractivity contribution in [2.45, 2.75) is 238 Å². The maximum atomic E-state index is 12.8. The molecule has 66 heavy (non-hydrogen) atoms. The first-order chi connectivity index (χ1) is 32.1. The molecular weight excluding hydrogens is 827 g/mol. The Kier molecular flexibility index (Phi) is 46.2. The Morgan fingerprint density at radius 3 is 1.29 bits per heavy atom. The van der Waals surface area contributed by atoms with Crippen molar-refractivity contribution in [1.29, 1.82) is 0 Å². The molecule has 0 aromatic rings. The molecule has 382 valence electrons. The summed E-state index contributed by atoms with van der Waals surface area (Å²) in [5.74, 6) is -2.00. The summed E-state index contributed by atoms with van der Waals surface area (Å²) in [6, 6.07) is 0. The molecule has 9 nitrogen and oxygen atoms in total. The number of esters is 2. The van der Waals surface area contributed by atoms with Crippen LogP contribution in [0.25, 0.3) is 0 Å². The molecular formula is C57H102NO8+. The number of hydrogen-bond donors (Lipinski definition) is 1. The number of hydrogen-bond acceptors (Lipinski definition) is 7. The highest BCUT2D eigenvalue weighted by molar-refractivity contribution is 5.71. The summed E-state index contributed by atoms with van der Waals surface area (Å²) in [5, 5.41) is 9.66. The molecule has 0 aromatic heterocycles. The lowest BCUT2D eigenvalue weighted by Gasteiger charge is -2.25. The number of aliphatic carboxylic acids is 1. The van der Waals surface area contributed by atoms with Gasteiger partial charge in [0.25, 0.3) is 6.29 Å². The Balaban J connectivity index is 4.11. The number of unbranched alkanes of at least 4 members (excludes halogenated alkanes) is 24. The average Bonchev–Trinajstić information content (AvgIpc) is 3.28. The molecule has 0 heterocycles. The van der Waals surface area contributed by atoms with Crippen LogP contribution >= 0.6 is 0 Å². The summed E-state index contributed by atoms with van der Waals surface area (Å²) in [4.78, 5) is 37.2. The zero-order valence-electron chi connectivity index (χ0n) is 43.3. The molecule has 0 aliphatic rings. The maximum Gasteiger partial charge on any atom is 0.361 e. The molecule has 0 spiro atoms. The molecule has 0 aliphatic carbocycles. The predicted octanol–water partition coefficient (Wildman–Crippen LogP) is 15.3. The molecule has 0 aromatic carbocycles. The van der Waals surface area contributed by atoms with Gasteiger partial charge in [-0.25, -0.2) is 4.79 Å². The van der Waals surface area contributed by atoms with E-state index in [0.717, 1.165) is 70.6 Å². The first kappa shape index (κ1) is 63.0. The Morgan fingerprint density at radius 1 is 0.470 bits per heavy atom. The van der Waals surface area contributed by atoms with Crippen LogP contribution in [0.15, 0.2) is 60.8 Å². The van der Waals surface area contributed by atoms with Crippen LogP contribution in [0.2, 0.25) is 0 Å². The van der Waals surface area contributed by atoms with Crippen molar-refractivity contribution in [3.05, 3.63) is 60.8 Å². The lowest BCUT2D eigenvalue weighted by molar-refractivity contribution is -0.870. The van der Waals surface area contributed by atoms with Gasteiger partial charge < -0.3 is 28.5 Å². The molecule has 0 bridgehead atoms. The van der Waals surface area contributed by atoms with E-state index in [-0.39, 0.29) is 32.2 Å². The van der Waals surface area contributed by atoms with Gasteiger partial charge in [0, 0.05) is 12.8 Å². The van der Waals surface area contributed by atoms with E-state index in [2.05, 4.69) is 74.6 Å². The van der Waals surface area contributed by atoms with E-state index >= 15 is 0 Å². The number of likely N-dealkylation sites (N-methyl/N-ethyl adjacent to an activating group) is 1. The fourth-order valence-electron chi connectivity index (χ4n) is 7.39. The van der Waals surface area contributed by atoms with E-state index in [1.807, 2.05) is 21.1 Å². The summed E-state index contributed by atoms with van der Waals surface area (Å²) < 4.78 is 22.8. The van der Waals surface area contributed by atoms with E-state index in [4.69, 9.17) is 18.9 Å². The molecule has 9 heteroatoms. The number of carbonyl (C=O) groups excluding carboxylic acids is 2. The van der Waals surface area contributed by atoms with Gasteiger partial charge in [0.2, 0.25) is 0 Å². The quantitative estimate of drug-likeness (QED) is 0.0211. The minimum atomic E-state index is -1.51. The lowest BCUT2D eigenvalue weighted by Crippen LogP contribution is -2.40.